The normalized spacial score (nSPS) is 14.7. The predicted molar refractivity (Wildman–Crippen MR) is 109 cm³/mol. The largest absolute Gasteiger partial charge is 0.257 e. The van der Waals surface area contributed by atoms with Crippen LogP contribution in [0.1, 0.15) is 29.2 Å². The Morgan fingerprint density at radius 1 is 0.615 bits per heavy atom. The van der Waals surface area contributed by atoms with Crippen molar-refractivity contribution in [2.24, 2.45) is 9.98 Å². The molecular formula is C24H20N2. The summed E-state index contributed by atoms with van der Waals surface area (Å²) in [7, 11) is 0. The van der Waals surface area contributed by atoms with E-state index in [0.29, 0.717) is 0 Å². The van der Waals surface area contributed by atoms with Gasteiger partial charge < -0.3 is 0 Å². The summed E-state index contributed by atoms with van der Waals surface area (Å²) in [6.07, 6.45) is 1.87. The van der Waals surface area contributed by atoms with E-state index >= 15 is 0 Å². The third-order valence-corrected chi connectivity index (χ3v) is 5.25. The van der Waals surface area contributed by atoms with Crippen molar-refractivity contribution in [2.75, 3.05) is 0 Å². The molecule has 0 amide bonds. The average molecular weight is 336 g/mol. The number of hydrogen-bond acceptors (Lipinski definition) is 2. The molecule has 2 heteroatoms. The topological polar surface area (TPSA) is 24.7 Å². The molecule has 26 heavy (non-hydrogen) atoms. The maximum absolute atomic E-state index is 4.92. The molecule has 2 aliphatic heterocycles. The van der Waals surface area contributed by atoms with Crippen molar-refractivity contribution in [3.05, 3.63) is 82.9 Å². The maximum Gasteiger partial charge on any atom is 0.0675 e. The van der Waals surface area contributed by atoms with Crippen LogP contribution in [0.4, 0.5) is 11.4 Å². The Labute approximate surface area is 154 Å². The summed E-state index contributed by atoms with van der Waals surface area (Å²) in [6.45, 7) is 4.21. The third-order valence-electron chi connectivity index (χ3n) is 5.25. The van der Waals surface area contributed by atoms with Gasteiger partial charge in [-0.25, -0.2) is 0 Å². The highest BCUT2D eigenvalue weighted by atomic mass is 14.8. The van der Waals surface area contributed by atoms with Crippen LogP contribution < -0.4 is 0 Å². The monoisotopic (exact) mass is 336 g/mol. The molecule has 0 radical (unpaired) electrons. The summed E-state index contributed by atoms with van der Waals surface area (Å²) in [5.74, 6) is 0. The first-order valence-corrected chi connectivity index (χ1v) is 9.11. The smallest absolute Gasteiger partial charge is 0.0675 e. The van der Waals surface area contributed by atoms with Gasteiger partial charge >= 0.3 is 0 Å². The summed E-state index contributed by atoms with van der Waals surface area (Å²) in [4.78, 5) is 9.51. The molecule has 0 N–H and O–H groups in total. The third kappa shape index (κ3) is 2.59. The Hall–Kier alpha value is -3.00. The molecule has 2 aliphatic rings. The lowest BCUT2D eigenvalue weighted by Crippen LogP contribution is -1.99. The number of fused-ring (bicyclic) bond motifs is 2. The van der Waals surface area contributed by atoms with Crippen LogP contribution in [0.2, 0.25) is 0 Å². The van der Waals surface area contributed by atoms with Gasteiger partial charge in [0.1, 0.15) is 0 Å². The van der Waals surface area contributed by atoms with Crippen molar-refractivity contribution in [2.45, 2.75) is 26.7 Å². The van der Waals surface area contributed by atoms with E-state index in [1.54, 1.807) is 0 Å². The molecule has 0 atom stereocenters. The molecule has 126 valence electrons. The Morgan fingerprint density at radius 2 is 1.35 bits per heavy atom. The second-order valence-electron chi connectivity index (χ2n) is 7.31. The van der Waals surface area contributed by atoms with Gasteiger partial charge in [0.05, 0.1) is 17.1 Å². The van der Waals surface area contributed by atoms with Crippen molar-refractivity contribution in [3.63, 3.8) is 0 Å². The first-order valence-electron chi connectivity index (χ1n) is 9.11. The lowest BCUT2D eigenvalue weighted by atomic mass is 9.98. The van der Waals surface area contributed by atoms with E-state index in [4.69, 9.17) is 4.99 Å². The molecule has 0 aromatic heterocycles. The van der Waals surface area contributed by atoms with E-state index in [1.165, 1.54) is 39.1 Å². The summed E-state index contributed by atoms with van der Waals surface area (Å²) in [5, 5.41) is 0. The SMILES string of the molecule is CC1=Nc2ccc(-c3ccc4c(c3)N=C(c3ccc(C)cc3)C4)cc2C1. The van der Waals surface area contributed by atoms with Crippen molar-refractivity contribution in [3.8, 4) is 11.1 Å². The minimum absolute atomic E-state index is 0.913. The molecule has 0 saturated carbocycles. The van der Waals surface area contributed by atoms with Gasteiger partial charge in [0, 0.05) is 18.6 Å². The number of benzene rings is 3. The highest BCUT2D eigenvalue weighted by molar-refractivity contribution is 6.06. The van der Waals surface area contributed by atoms with Gasteiger partial charge in [0.2, 0.25) is 0 Å². The van der Waals surface area contributed by atoms with E-state index in [0.717, 1.165) is 29.9 Å². The fraction of sp³-hybridized carbons (Fsp3) is 0.167. The lowest BCUT2D eigenvalue weighted by molar-refractivity contribution is 1.37. The van der Waals surface area contributed by atoms with Crippen LogP contribution in [-0.2, 0) is 12.8 Å². The van der Waals surface area contributed by atoms with Crippen LogP contribution >= 0.6 is 0 Å². The molecular weight excluding hydrogens is 316 g/mol. The fourth-order valence-electron chi connectivity index (χ4n) is 3.81. The maximum atomic E-state index is 4.92. The van der Waals surface area contributed by atoms with Gasteiger partial charge in [-0.15, -0.1) is 0 Å². The molecule has 0 unspecified atom stereocenters. The van der Waals surface area contributed by atoms with Crippen LogP contribution in [-0.4, -0.2) is 11.4 Å². The number of nitrogens with zero attached hydrogens (tertiary/aromatic N) is 2. The predicted octanol–water partition coefficient (Wildman–Crippen LogP) is 5.99. The standard InChI is InChI=1S/C24H20N2/c1-15-3-5-17(6-4-15)23-14-20-8-7-19(13-24(20)26-23)18-9-10-22-21(12-18)11-16(2)25-22/h3-10,12-13H,11,14H2,1-2H3. The molecule has 0 aliphatic carbocycles. The molecule has 3 aromatic carbocycles. The quantitative estimate of drug-likeness (QED) is 0.549. The van der Waals surface area contributed by atoms with Gasteiger partial charge in [-0.05, 0) is 59.9 Å². The van der Waals surface area contributed by atoms with Crippen LogP contribution in [0.3, 0.4) is 0 Å². The molecule has 2 heterocycles. The number of aryl methyl sites for hydroxylation is 1. The van der Waals surface area contributed by atoms with Crippen LogP contribution in [0.15, 0.2) is 70.6 Å². The number of hydrogen-bond donors (Lipinski definition) is 0. The second-order valence-corrected chi connectivity index (χ2v) is 7.31. The van der Waals surface area contributed by atoms with Crippen molar-refractivity contribution in [1.82, 2.24) is 0 Å². The van der Waals surface area contributed by atoms with Gasteiger partial charge in [-0.1, -0.05) is 48.0 Å². The van der Waals surface area contributed by atoms with Gasteiger partial charge in [-0.2, -0.15) is 0 Å². The summed E-state index contributed by atoms with van der Waals surface area (Å²) < 4.78 is 0. The number of rotatable bonds is 2. The summed E-state index contributed by atoms with van der Waals surface area (Å²) in [5.41, 5.74) is 12.2. The first kappa shape index (κ1) is 15.3. The molecule has 5 rings (SSSR count). The van der Waals surface area contributed by atoms with E-state index in [1.807, 2.05) is 0 Å². The Balaban J connectivity index is 1.49. The van der Waals surface area contributed by atoms with Crippen LogP contribution in [0.5, 0.6) is 0 Å². The summed E-state index contributed by atoms with van der Waals surface area (Å²) >= 11 is 0. The Kier molecular flexibility index (Phi) is 3.39. The van der Waals surface area contributed by atoms with Gasteiger partial charge in [0.25, 0.3) is 0 Å². The van der Waals surface area contributed by atoms with E-state index in [-0.39, 0.29) is 0 Å². The highest BCUT2D eigenvalue weighted by Gasteiger charge is 2.17. The summed E-state index contributed by atoms with van der Waals surface area (Å²) in [6, 6.07) is 21.9. The Bertz CT molecular complexity index is 1090. The molecule has 2 nitrogen and oxygen atoms in total. The Morgan fingerprint density at radius 3 is 2.19 bits per heavy atom. The average Bonchev–Trinajstić information content (AvgIpc) is 3.23. The van der Waals surface area contributed by atoms with Crippen molar-refractivity contribution >= 4 is 22.8 Å². The lowest BCUT2D eigenvalue weighted by Gasteiger charge is -2.06. The molecule has 3 aromatic rings. The van der Waals surface area contributed by atoms with Gasteiger partial charge in [-0.3, -0.25) is 9.98 Å². The van der Waals surface area contributed by atoms with Crippen molar-refractivity contribution < 1.29 is 0 Å². The fourth-order valence-corrected chi connectivity index (χ4v) is 3.81. The van der Waals surface area contributed by atoms with Crippen LogP contribution in [0, 0.1) is 6.92 Å². The van der Waals surface area contributed by atoms with Crippen molar-refractivity contribution in [1.29, 1.82) is 0 Å². The highest BCUT2D eigenvalue weighted by Crippen LogP contribution is 2.36. The zero-order valence-electron chi connectivity index (χ0n) is 15.1. The molecule has 0 saturated heterocycles. The van der Waals surface area contributed by atoms with Gasteiger partial charge in [0.15, 0.2) is 0 Å². The minimum Gasteiger partial charge on any atom is -0.257 e. The van der Waals surface area contributed by atoms with E-state index in [9.17, 15) is 0 Å². The number of aliphatic imine (C=N–C) groups is 2. The second kappa shape index (κ2) is 5.77. The zero-order valence-corrected chi connectivity index (χ0v) is 15.1. The molecule has 0 bridgehead atoms. The van der Waals surface area contributed by atoms with E-state index < -0.39 is 0 Å². The zero-order chi connectivity index (χ0) is 17.7. The molecule has 0 spiro atoms. The van der Waals surface area contributed by atoms with Crippen LogP contribution in [0.25, 0.3) is 11.1 Å². The van der Waals surface area contributed by atoms with E-state index in [2.05, 4.69) is 79.5 Å². The molecule has 0 fully saturated rings. The minimum atomic E-state index is 0.913. The first-order chi connectivity index (χ1) is 12.7.